The van der Waals surface area contributed by atoms with Crippen molar-refractivity contribution in [2.24, 2.45) is 11.8 Å². The van der Waals surface area contributed by atoms with Gasteiger partial charge in [-0.3, -0.25) is 0 Å². The van der Waals surface area contributed by atoms with Crippen molar-refractivity contribution in [2.45, 2.75) is 33.6 Å². The highest BCUT2D eigenvalue weighted by Crippen LogP contribution is 2.26. The minimum atomic E-state index is 0.828. The summed E-state index contributed by atoms with van der Waals surface area (Å²) in [6, 6.07) is 9.09. The topological polar surface area (TPSA) is 3.24 Å². The standard InChI is InChI=1S/C15H23N/c1-4-14-5-7-15(8-6-14)16-10-12(2)9-13(3)11-16/h5-8,12-13H,4,9-11H2,1-3H3. The molecule has 0 bridgehead atoms. The summed E-state index contributed by atoms with van der Waals surface area (Å²) >= 11 is 0. The summed E-state index contributed by atoms with van der Waals surface area (Å²) < 4.78 is 0. The molecule has 1 aliphatic rings. The second-order valence-corrected chi connectivity index (χ2v) is 5.37. The van der Waals surface area contributed by atoms with Crippen LogP contribution in [0.4, 0.5) is 5.69 Å². The molecule has 2 rings (SSSR count). The molecular formula is C15H23N. The molecule has 1 heterocycles. The number of piperidine rings is 1. The predicted octanol–water partition coefficient (Wildman–Crippen LogP) is 3.73. The first-order chi connectivity index (χ1) is 7.69. The fraction of sp³-hybridized carbons (Fsp3) is 0.600. The van der Waals surface area contributed by atoms with Gasteiger partial charge < -0.3 is 4.90 Å². The van der Waals surface area contributed by atoms with E-state index in [4.69, 9.17) is 0 Å². The number of aryl methyl sites for hydroxylation is 1. The third-order valence-corrected chi connectivity index (χ3v) is 3.58. The van der Waals surface area contributed by atoms with Crippen LogP contribution in [0.1, 0.15) is 32.8 Å². The van der Waals surface area contributed by atoms with Gasteiger partial charge in [-0.05, 0) is 42.4 Å². The average molecular weight is 217 g/mol. The maximum Gasteiger partial charge on any atom is 0.0366 e. The molecule has 0 saturated carbocycles. The van der Waals surface area contributed by atoms with Crippen LogP contribution < -0.4 is 4.90 Å². The summed E-state index contributed by atoms with van der Waals surface area (Å²) in [5.41, 5.74) is 2.83. The van der Waals surface area contributed by atoms with E-state index in [1.807, 2.05) is 0 Å². The smallest absolute Gasteiger partial charge is 0.0366 e. The highest BCUT2D eigenvalue weighted by molar-refractivity contribution is 5.48. The molecule has 1 aromatic carbocycles. The minimum absolute atomic E-state index is 0.828. The van der Waals surface area contributed by atoms with Crippen LogP contribution in [0.25, 0.3) is 0 Å². The van der Waals surface area contributed by atoms with Gasteiger partial charge in [0.1, 0.15) is 0 Å². The summed E-state index contributed by atoms with van der Waals surface area (Å²) in [6.07, 6.45) is 2.51. The second kappa shape index (κ2) is 4.90. The Hall–Kier alpha value is -0.980. The quantitative estimate of drug-likeness (QED) is 0.729. The van der Waals surface area contributed by atoms with E-state index in [0.29, 0.717) is 0 Å². The zero-order chi connectivity index (χ0) is 11.5. The normalized spacial score (nSPS) is 25.8. The molecule has 1 aliphatic heterocycles. The Bertz CT molecular complexity index is 318. The van der Waals surface area contributed by atoms with Gasteiger partial charge in [0, 0.05) is 18.8 Å². The summed E-state index contributed by atoms with van der Waals surface area (Å²) in [4.78, 5) is 2.54. The predicted molar refractivity (Wildman–Crippen MR) is 71.0 cm³/mol. The minimum Gasteiger partial charge on any atom is -0.371 e. The first-order valence-electron chi connectivity index (χ1n) is 6.53. The summed E-state index contributed by atoms with van der Waals surface area (Å²) in [7, 11) is 0. The van der Waals surface area contributed by atoms with Gasteiger partial charge in [-0.25, -0.2) is 0 Å². The summed E-state index contributed by atoms with van der Waals surface area (Å²) in [5, 5.41) is 0. The first-order valence-corrected chi connectivity index (χ1v) is 6.53. The molecule has 0 radical (unpaired) electrons. The summed E-state index contributed by atoms with van der Waals surface area (Å²) in [5.74, 6) is 1.66. The van der Waals surface area contributed by atoms with E-state index in [1.54, 1.807) is 0 Å². The highest BCUT2D eigenvalue weighted by atomic mass is 15.1. The van der Waals surface area contributed by atoms with Gasteiger partial charge in [0.25, 0.3) is 0 Å². The van der Waals surface area contributed by atoms with Crippen LogP contribution in [0.5, 0.6) is 0 Å². The third-order valence-electron chi connectivity index (χ3n) is 3.58. The third kappa shape index (κ3) is 2.58. The zero-order valence-electron chi connectivity index (χ0n) is 10.7. The number of nitrogens with zero attached hydrogens (tertiary/aromatic N) is 1. The molecule has 1 fully saturated rings. The molecule has 1 aromatic rings. The molecule has 0 aliphatic carbocycles. The number of rotatable bonds is 2. The Kier molecular flexibility index (Phi) is 3.52. The Morgan fingerprint density at radius 2 is 1.62 bits per heavy atom. The monoisotopic (exact) mass is 217 g/mol. The lowest BCUT2D eigenvalue weighted by Crippen LogP contribution is -2.38. The Balaban J connectivity index is 2.10. The van der Waals surface area contributed by atoms with Crippen LogP contribution in [-0.4, -0.2) is 13.1 Å². The number of hydrogen-bond acceptors (Lipinski definition) is 1. The van der Waals surface area contributed by atoms with Crippen molar-refractivity contribution in [3.8, 4) is 0 Å². The van der Waals surface area contributed by atoms with E-state index in [0.717, 1.165) is 18.3 Å². The van der Waals surface area contributed by atoms with Crippen molar-refractivity contribution in [2.75, 3.05) is 18.0 Å². The zero-order valence-corrected chi connectivity index (χ0v) is 10.7. The molecule has 88 valence electrons. The van der Waals surface area contributed by atoms with Gasteiger partial charge in [-0.15, -0.1) is 0 Å². The first kappa shape index (κ1) is 11.5. The van der Waals surface area contributed by atoms with Gasteiger partial charge in [-0.2, -0.15) is 0 Å². The molecule has 0 aromatic heterocycles. The highest BCUT2D eigenvalue weighted by Gasteiger charge is 2.21. The number of hydrogen-bond donors (Lipinski definition) is 0. The number of anilines is 1. The van der Waals surface area contributed by atoms with Crippen molar-refractivity contribution >= 4 is 5.69 Å². The lowest BCUT2D eigenvalue weighted by Gasteiger charge is -2.36. The van der Waals surface area contributed by atoms with Gasteiger partial charge in [0.15, 0.2) is 0 Å². The number of benzene rings is 1. The van der Waals surface area contributed by atoms with Gasteiger partial charge in [0.2, 0.25) is 0 Å². The van der Waals surface area contributed by atoms with E-state index >= 15 is 0 Å². The fourth-order valence-corrected chi connectivity index (χ4v) is 2.82. The Morgan fingerprint density at radius 3 is 2.12 bits per heavy atom. The van der Waals surface area contributed by atoms with Crippen molar-refractivity contribution in [3.63, 3.8) is 0 Å². The van der Waals surface area contributed by atoms with Crippen LogP contribution in [0.2, 0.25) is 0 Å². The van der Waals surface area contributed by atoms with E-state index in [-0.39, 0.29) is 0 Å². The molecule has 0 spiro atoms. The molecule has 1 heteroatoms. The Morgan fingerprint density at radius 1 is 1.06 bits per heavy atom. The Labute approximate surface area is 99.5 Å². The van der Waals surface area contributed by atoms with E-state index in [1.165, 1.54) is 30.8 Å². The van der Waals surface area contributed by atoms with Crippen LogP contribution in [0, 0.1) is 11.8 Å². The maximum absolute atomic E-state index is 2.54. The van der Waals surface area contributed by atoms with Gasteiger partial charge in [-0.1, -0.05) is 32.9 Å². The second-order valence-electron chi connectivity index (χ2n) is 5.37. The fourth-order valence-electron chi connectivity index (χ4n) is 2.82. The van der Waals surface area contributed by atoms with Crippen LogP contribution in [0.3, 0.4) is 0 Å². The molecule has 0 N–H and O–H groups in total. The SMILES string of the molecule is CCc1ccc(N2CC(C)CC(C)C2)cc1. The molecule has 2 atom stereocenters. The van der Waals surface area contributed by atoms with Crippen LogP contribution in [-0.2, 0) is 6.42 Å². The van der Waals surface area contributed by atoms with Crippen molar-refractivity contribution < 1.29 is 0 Å². The van der Waals surface area contributed by atoms with E-state index in [2.05, 4.69) is 49.9 Å². The van der Waals surface area contributed by atoms with Gasteiger partial charge >= 0.3 is 0 Å². The largest absolute Gasteiger partial charge is 0.371 e. The van der Waals surface area contributed by atoms with E-state index < -0.39 is 0 Å². The van der Waals surface area contributed by atoms with Crippen molar-refractivity contribution in [1.29, 1.82) is 0 Å². The average Bonchev–Trinajstić information content (AvgIpc) is 2.28. The lowest BCUT2D eigenvalue weighted by atomic mass is 9.91. The molecular weight excluding hydrogens is 194 g/mol. The van der Waals surface area contributed by atoms with E-state index in [9.17, 15) is 0 Å². The van der Waals surface area contributed by atoms with Gasteiger partial charge in [0.05, 0.1) is 0 Å². The van der Waals surface area contributed by atoms with Crippen LogP contribution in [0.15, 0.2) is 24.3 Å². The molecule has 1 saturated heterocycles. The summed E-state index contributed by atoms with van der Waals surface area (Å²) in [6.45, 7) is 9.37. The van der Waals surface area contributed by atoms with Crippen molar-refractivity contribution in [3.05, 3.63) is 29.8 Å². The molecule has 0 amide bonds. The van der Waals surface area contributed by atoms with Crippen molar-refractivity contribution in [1.82, 2.24) is 0 Å². The maximum atomic E-state index is 2.54. The lowest BCUT2D eigenvalue weighted by molar-refractivity contribution is 0.357. The molecule has 1 nitrogen and oxygen atoms in total. The molecule has 16 heavy (non-hydrogen) atoms. The van der Waals surface area contributed by atoms with Crippen LogP contribution >= 0.6 is 0 Å². The molecule has 2 unspecified atom stereocenters.